The molecule has 0 spiro atoms. The van der Waals surface area contributed by atoms with Crippen molar-refractivity contribution in [1.82, 2.24) is 24.6 Å². The molecule has 4 rings (SSSR count). The summed E-state index contributed by atoms with van der Waals surface area (Å²) in [5.41, 5.74) is 2.38. The van der Waals surface area contributed by atoms with E-state index in [1.165, 1.54) is 5.56 Å². The predicted molar refractivity (Wildman–Crippen MR) is 110 cm³/mol. The van der Waals surface area contributed by atoms with Crippen LogP contribution < -0.4 is 9.80 Å². The molecular formula is C19H28ClN7O. The van der Waals surface area contributed by atoms with Crippen molar-refractivity contribution in [1.29, 1.82) is 0 Å². The largest absolute Gasteiger partial charge is 0.393 e. The first-order valence-corrected chi connectivity index (χ1v) is 10.3. The Kier molecular flexibility index (Phi) is 5.70. The highest BCUT2D eigenvalue weighted by Gasteiger charge is 2.27. The average Bonchev–Trinajstić information content (AvgIpc) is 3.11. The van der Waals surface area contributed by atoms with Crippen molar-refractivity contribution in [2.24, 2.45) is 0 Å². The maximum absolute atomic E-state index is 9.88. The summed E-state index contributed by atoms with van der Waals surface area (Å²) in [5.74, 6) is 1.80. The van der Waals surface area contributed by atoms with Crippen LogP contribution >= 0.6 is 11.6 Å². The van der Waals surface area contributed by atoms with Gasteiger partial charge >= 0.3 is 0 Å². The first-order chi connectivity index (χ1) is 13.5. The highest BCUT2D eigenvalue weighted by Crippen LogP contribution is 2.30. The number of hydrogen-bond acceptors (Lipinski definition) is 7. The molecule has 0 unspecified atom stereocenters. The lowest BCUT2D eigenvalue weighted by Crippen LogP contribution is -2.40. The first-order valence-electron chi connectivity index (χ1n) is 9.90. The van der Waals surface area contributed by atoms with Crippen molar-refractivity contribution in [3.8, 4) is 0 Å². The van der Waals surface area contributed by atoms with E-state index in [0.717, 1.165) is 76.0 Å². The van der Waals surface area contributed by atoms with Gasteiger partial charge < -0.3 is 14.9 Å². The van der Waals surface area contributed by atoms with E-state index < -0.39 is 0 Å². The molecule has 8 nitrogen and oxygen atoms in total. The Morgan fingerprint density at radius 3 is 2.64 bits per heavy atom. The van der Waals surface area contributed by atoms with Crippen molar-refractivity contribution < 1.29 is 5.11 Å². The van der Waals surface area contributed by atoms with Crippen LogP contribution in [-0.4, -0.2) is 76.1 Å². The number of anilines is 2. The third kappa shape index (κ3) is 4.24. The minimum absolute atomic E-state index is 0.195. The Labute approximate surface area is 170 Å². The highest BCUT2D eigenvalue weighted by molar-refractivity contribution is 6.30. The third-order valence-electron chi connectivity index (χ3n) is 5.52. The van der Waals surface area contributed by atoms with Crippen molar-refractivity contribution in [2.45, 2.75) is 38.5 Å². The number of rotatable bonds is 5. The Hall–Kier alpha value is -1.90. The summed E-state index contributed by atoms with van der Waals surface area (Å²) in [5, 5.41) is 14.8. The van der Waals surface area contributed by atoms with Crippen molar-refractivity contribution in [2.75, 3.05) is 50.1 Å². The molecule has 4 heterocycles. The van der Waals surface area contributed by atoms with Crippen molar-refractivity contribution in [3.05, 3.63) is 28.7 Å². The number of halogens is 1. The minimum atomic E-state index is -0.195. The molecule has 0 saturated carbocycles. The van der Waals surface area contributed by atoms with E-state index in [4.69, 9.17) is 21.6 Å². The maximum Gasteiger partial charge on any atom is 0.227 e. The van der Waals surface area contributed by atoms with Crippen molar-refractivity contribution >= 4 is 23.4 Å². The average molecular weight is 406 g/mol. The molecule has 0 atom stereocenters. The topological polar surface area (TPSA) is 73.6 Å². The van der Waals surface area contributed by atoms with Gasteiger partial charge in [-0.05, 0) is 12.8 Å². The predicted octanol–water partition coefficient (Wildman–Crippen LogP) is 1.41. The molecule has 2 aliphatic heterocycles. The molecule has 0 aromatic carbocycles. The molecule has 9 heteroatoms. The zero-order valence-electron chi connectivity index (χ0n) is 16.6. The molecule has 1 saturated heterocycles. The molecule has 28 heavy (non-hydrogen) atoms. The van der Waals surface area contributed by atoms with Crippen LogP contribution in [0, 0.1) is 0 Å². The molecule has 152 valence electrons. The monoisotopic (exact) mass is 405 g/mol. The van der Waals surface area contributed by atoms with Gasteiger partial charge in [0, 0.05) is 65.0 Å². The van der Waals surface area contributed by atoms with Gasteiger partial charge in [-0.25, -0.2) is 4.98 Å². The van der Waals surface area contributed by atoms with Crippen LogP contribution in [0.15, 0.2) is 12.4 Å². The van der Waals surface area contributed by atoms with Gasteiger partial charge in [-0.2, -0.15) is 10.1 Å². The zero-order valence-corrected chi connectivity index (χ0v) is 17.3. The van der Waals surface area contributed by atoms with Gasteiger partial charge in [0.25, 0.3) is 0 Å². The molecular weight excluding hydrogens is 378 g/mol. The fourth-order valence-electron chi connectivity index (χ4n) is 3.87. The van der Waals surface area contributed by atoms with Gasteiger partial charge in [0.15, 0.2) is 0 Å². The van der Waals surface area contributed by atoms with E-state index in [1.54, 1.807) is 6.20 Å². The molecule has 2 aromatic heterocycles. The quantitative estimate of drug-likeness (QED) is 0.806. The number of aliphatic hydroxyl groups is 1. The van der Waals surface area contributed by atoms with Crippen LogP contribution in [0.4, 0.5) is 11.8 Å². The number of nitrogens with zero attached hydrogens (tertiary/aromatic N) is 7. The molecule has 0 aliphatic carbocycles. The van der Waals surface area contributed by atoms with Gasteiger partial charge in [-0.1, -0.05) is 11.6 Å². The summed E-state index contributed by atoms with van der Waals surface area (Å²) in [7, 11) is 3.96. The smallest absolute Gasteiger partial charge is 0.227 e. The van der Waals surface area contributed by atoms with Gasteiger partial charge in [0.05, 0.1) is 29.6 Å². The number of aliphatic hydroxyl groups excluding tert-OH is 1. The van der Waals surface area contributed by atoms with Gasteiger partial charge in [0.1, 0.15) is 5.82 Å². The van der Waals surface area contributed by atoms with Crippen LogP contribution in [-0.2, 0) is 19.5 Å². The molecule has 1 N–H and O–H groups in total. The molecule has 2 aliphatic rings. The van der Waals surface area contributed by atoms with E-state index in [9.17, 15) is 5.11 Å². The normalized spacial score (nSPS) is 18.4. The summed E-state index contributed by atoms with van der Waals surface area (Å²) >= 11 is 5.97. The fourth-order valence-corrected chi connectivity index (χ4v) is 4.03. The summed E-state index contributed by atoms with van der Waals surface area (Å²) in [4.78, 5) is 16.4. The number of fused-ring (bicyclic) bond motifs is 1. The van der Waals surface area contributed by atoms with Gasteiger partial charge in [0.2, 0.25) is 5.95 Å². The van der Waals surface area contributed by atoms with Gasteiger partial charge in [-0.3, -0.25) is 9.58 Å². The minimum Gasteiger partial charge on any atom is -0.393 e. The van der Waals surface area contributed by atoms with Gasteiger partial charge in [-0.15, -0.1) is 0 Å². The van der Waals surface area contributed by atoms with Crippen molar-refractivity contribution in [3.63, 3.8) is 0 Å². The lowest BCUT2D eigenvalue weighted by atomic mass is 10.0. The maximum atomic E-state index is 9.88. The Morgan fingerprint density at radius 2 is 1.96 bits per heavy atom. The van der Waals surface area contributed by atoms with Crippen LogP contribution in [0.1, 0.15) is 24.1 Å². The first kappa shape index (κ1) is 19.4. The lowest BCUT2D eigenvalue weighted by Gasteiger charge is -2.36. The van der Waals surface area contributed by atoms with E-state index in [1.807, 2.05) is 29.9 Å². The second-order valence-electron chi connectivity index (χ2n) is 7.83. The van der Waals surface area contributed by atoms with Crippen LogP contribution in [0.5, 0.6) is 0 Å². The van der Waals surface area contributed by atoms with Crippen LogP contribution in [0.25, 0.3) is 0 Å². The Morgan fingerprint density at radius 1 is 1.18 bits per heavy atom. The summed E-state index contributed by atoms with van der Waals surface area (Å²) in [6, 6.07) is 0. The Balaban J connectivity index is 1.54. The molecule has 1 fully saturated rings. The molecule has 2 aromatic rings. The Bertz CT molecular complexity index is 817. The SMILES string of the molecule is CN(C)c1nc2c(c(N3CCC(O)CC3)n1)CN(CCn1cc(Cl)cn1)CC2. The zero-order chi connectivity index (χ0) is 19.7. The van der Waals surface area contributed by atoms with E-state index >= 15 is 0 Å². The van der Waals surface area contributed by atoms with E-state index in [2.05, 4.69) is 14.9 Å². The van der Waals surface area contributed by atoms with Crippen LogP contribution in [0.3, 0.4) is 0 Å². The number of hydrogen-bond donors (Lipinski definition) is 1. The summed E-state index contributed by atoms with van der Waals surface area (Å²) in [6.07, 6.45) is 5.84. The number of piperidine rings is 1. The lowest BCUT2D eigenvalue weighted by molar-refractivity contribution is 0.145. The third-order valence-corrected chi connectivity index (χ3v) is 5.71. The number of aromatic nitrogens is 4. The fraction of sp³-hybridized carbons (Fsp3) is 0.632. The molecule has 0 amide bonds. The summed E-state index contributed by atoms with van der Waals surface area (Å²) in [6.45, 7) is 5.21. The molecule has 0 radical (unpaired) electrons. The molecule has 0 bridgehead atoms. The van der Waals surface area contributed by atoms with E-state index in [-0.39, 0.29) is 6.10 Å². The second-order valence-corrected chi connectivity index (χ2v) is 8.27. The highest BCUT2D eigenvalue weighted by atomic mass is 35.5. The summed E-state index contributed by atoms with van der Waals surface area (Å²) < 4.78 is 1.89. The van der Waals surface area contributed by atoms with Crippen LogP contribution in [0.2, 0.25) is 5.02 Å². The standard InChI is InChI=1S/C19H28ClN7O/c1-24(2)19-22-17-5-6-25(9-10-27-12-14(20)11-21-27)13-16(17)18(23-19)26-7-3-15(28)4-8-26/h11-12,15,28H,3-10,13H2,1-2H3. The second kappa shape index (κ2) is 8.23. The van der Waals surface area contributed by atoms with E-state index in [0.29, 0.717) is 5.02 Å².